The van der Waals surface area contributed by atoms with E-state index < -0.39 is 59.7 Å². The summed E-state index contributed by atoms with van der Waals surface area (Å²) in [4.78, 5) is 88.3. The number of halogens is 2. The van der Waals surface area contributed by atoms with Gasteiger partial charge in [0.15, 0.2) is 5.78 Å². The van der Waals surface area contributed by atoms with Crippen molar-refractivity contribution < 1.29 is 57.2 Å². The molecule has 1 saturated heterocycles. The number of ether oxygens (including phenoxy) is 5. The number of amides is 2. The number of hydrogen-bond acceptors (Lipinski definition) is 12. The third-order valence-corrected chi connectivity index (χ3v) is 8.54. The van der Waals surface area contributed by atoms with Crippen LogP contribution < -0.4 is 0 Å². The summed E-state index contributed by atoms with van der Waals surface area (Å²) >= 11 is 11.8. The number of hydrogen-bond donors (Lipinski definition) is 0. The van der Waals surface area contributed by atoms with Crippen molar-refractivity contribution in [3.8, 4) is 0 Å². The number of nitrogens with zero attached hydrogens (tertiary/aromatic N) is 2. The molecule has 16 heteroatoms. The zero-order chi connectivity index (χ0) is 42.3. The van der Waals surface area contributed by atoms with Gasteiger partial charge in [-0.2, -0.15) is 0 Å². The van der Waals surface area contributed by atoms with E-state index in [1.807, 2.05) is 36.4 Å². The van der Waals surface area contributed by atoms with Crippen molar-refractivity contribution in [3.63, 3.8) is 0 Å². The topological polar surface area (TPSA) is 172 Å². The van der Waals surface area contributed by atoms with E-state index in [1.165, 1.54) is 4.90 Å². The SMILES string of the molecule is C=C(Cl)CC(C(=O)OCC)N(CCCC(=O)C(=O)OCC)C(=O)OCc1ccccc1.C=C(Cl)CC1C(=O)C(C(=O)OCC)CCN1C(=O)OCc1ccccc1. The van der Waals surface area contributed by atoms with Gasteiger partial charge in [0.25, 0.3) is 0 Å². The smallest absolute Gasteiger partial charge is 0.410 e. The molecule has 3 unspecified atom stereocenters. The Morgan fingerprint density at radius 2 is 1.35 bits per heavy atom. The van der Waals surface area contributed by atoms with Crippen LogP contribution in [0.2, 0.25) is 0 Å². The summed E-state index contributed by atoms with van der Waals surface area (Å²) in [5, 5.41) is 0.384. The van der Waals surface area contributed by atoms with Crippen LogP contribution in [0.15, 0.2) is 83.9 Å². The van der Waals surface area contributed by atoms with Gasteiger partial charge in [0.2, 0.25) is 5.78 Å². The number of carbonyl (C=O) groups is 7. The highest BCUT2D eigenvalue weighted by molar-refractivity contribution is 6.33. The summed E-state index contributed by atoms with van der Waals surface area (Å²) in [5.41, 5.74) is 1.61. The number of piperidine rings is 1. The maximum Gasteiger partial charge on any atom is 0.410 e. The lowest BCUT2D eigenvalue weighted by molar-refractivity contribution is -0.155. The number of benzene rings is 2. The first-order valence-electron chi connectivity index (χ1n) is 18.4. The van der Waals surface area contributed by atoms with Gasteiger partial charge in [-0.15, -0.1) is 0 Å². The van der Waals surface area contributed by atoms with E-state index in [1.54, 1.807) is 45.0 Å². The van der Waals surface area contributed by atoms with Crippen molar-refractivity contribution in [1.82, 2.24) is 9.80 Å². The quantitative estimate of drug-likeness (QED) is 0.0622. The Balaban J connectivity index is 0.000000399. The van der Waals surface area contributed by atoms with E-state index >= 15 is 0 Å². The predicted molar refractivity (Wildman–Crippen MR) is 211 cm³/mol. The Bertz CT molecular complexity index is 1690. The summed E-state index contributed by atoms with van der Waals surface area (Å²) in [6.45, 7) is 12.8. The Labute approximate surface area is 343 Å². The molecule has 0 saturated carbocycles. The van der Waals surface area contributed by atoms with Crippen molar-refractivity contribution in [3.05, 3.63) is 95.0 Å². The van der Waals surface area contributed by atoms with Crippen LogP contribution in [0.25, 0.3) is 0 Å². The highest BCUT2D eigenvalue weighted by Gasteiger charge is 2.43. The predicted octanol–water partition coefficient (Wildman–Crippen LogP) is 6.90. The van der Waals surface area contributed by atoms with Crippen LogP contribution in [0, 0.1) is 5.92 Å². The molecule has 3 atom stereocenters. The minimum atomic E-state index is -1.08. The van der Waals surface area contributed by atoms with E-state index in [4.69, 9.17) is 42.1 Å². The van der Waals surface area contributed by atoms with Gasteiger partial charge in [-0.05, 0) is 44.7 Å². The monoisotopic (exact) mass is 832 g/mol. The van der Waals surface area contributed by atoms with E-state index in [2.05, 4.69) is 17.9 Å². The van der Waals surface area contributed by atoms with E-state index in [9.17, 15) is 33.6 Å². The molecule has 2 amide bonds. The third-order valence-electron chi connectivity index (χ3n) is 8.23. The second-order valence-electron chi connectivity index (χ2n) is 12.4. The molecule has 0 N–H and O–H groups in total. The maximum absolute atomic E-state index is 12.8. The summed E-state index contributed by atoms with van der Waals surface area (Å²) in [6.07, 6.45) is -1.22. The molecule has 2 aromatic rings. The molecule has 2 aromatic carbocycles. The Morgan fingerprint density at radius 1 is 0.789 bits per heavy atom. The molecule has 14 nitrogen and oxygen atoms in total. The van der Waals surface area contributed by atoms with Crippen LogP contribution in [-0.4, -0.2) is 96.5 Å². The molecule has 0 radical (unpaired) electrons. The van der Waals surface area contributed by atoms with Crippen LogP contribution in [-0.2, 0) is 60.9 Å². The number of likely N-dealkylation sites (tertiary alicyclic amines) is 1. The molecule has 0 aromatic heterocycles. The van der Waals surface area contributed by atoms with Gasteiger partial charge < -0.3 is 23.7 Å². The van der Waals surface area contributed by atoms with Gasteiger partial charge in [0.05, 0.1) is 25.9 Å². The average molecular weight is 834 g/mol. The molecule has 0 spiro atoms. The second-order valence-corrected chi connectivity index (χ2v) is 13.5. The van der Waals surface area contributed by atoms with Crippen LogP contribution in [0.1, 0.15) is 64.0 Å². The van der Waals surface area contributed by atoms with Crippen molar-refractivity contribution in [2.24, 2.45) is 5.92 Å². The number of rotatable bonds is 19. The van der Waals surface area contributed by atoms with Gasteiger partial charge >= 0.3 is 30.1 Å². The minimum absolute atomic E-state index is 0.00467. The molecule has 0 aliphatic carbocycles. The van der Waals surface area contributed by atoms with Gasteiger partial charge in [-0.3, -0.25) is 24.2 Å². The van der Waals surface area contributed by atoms with Gasteiger partial charge in [-0.25, -0.2) is 19.2 Å². The average Bonchev–Trinajstić information content (AvgIpc) is 3.18. The lowest BCUT2D eigenvalue weighted by Crippen LogP contribution is -2.54. The van der Waals surface area contributed by atoms with Gasteiger partial charge in [0, 0.05) is 42.4 Å². The highest BCUT2D eigenvalue weighted by atomic mass is 35.5. The zero-order valence-electron chi connectivity index (χ0n) is 32.5. The summed E-state index contributed by atoms with van der Waals surface area (Å²) in [6, 6.07) is 16.3. The lowest BCUT2D eigenvalue weighted by Gasteiger charge is -2.36. The Hall–Kier alpha value is -5.21. The van der Waals surface area contributed by atoms with Gasteiger partial charge in [-0.1, -0.05) is 97.0 Å². The fourth-order valence-electron chi connectivity index (χ4n) is 5.54. The summed E-state index contributed by atoms with van der Waals surface area (Å²) in [5.74, 6) is -4.18. The first-order chi connectivity index (χ1) is 27.2. The minimum Gasteiger partial charge on any atom is -0.465 e. The largest absolute Gasteiger partial charge is 0.465 e. The molecule has 3 rings (SSSR count). The molecule has 0 bridgehead atoms. The van der Waals surface area contributed by atoms with Crippen LogP contribution in [0.5, 0.6) is 0 Å². The number of Topliss-reactive ketones (excluding diaryl/α,β-unsaturated/α-hetero) is 2. The van der Waals surface area contributed by atoms with Gasteiger partial charge in [0.1, 0.15) is 25.2 Å². The Kier molecular flexibility index (Phi) is 21.7. The molecular weight excluding hydrogens is 783 g/mol. The number of esters is 3. The summed E-state index contributed by atoms with van der Waals surface area (Å²) < 4.78 is 25.4. The van der Waals surface area contributed by atoms with E-state index in [0.717, 1.165) is 16.0 Å². The molecule has 1 fully saturated rings. The number of ketones is 2. The first kappa shape index (κ1) is 47.9. The van der Waals surface area contributed by atoms with Crippen LogP contribution in [0.3, 0.4) is 0 Å². The van der Waals surface area contributed by atoms with Crippen molar-refractivity contribution in [2.75, 3.05) is 32.9 Å². The standard InChI is InChI=1S/C22H28ClNO7.C19H22ClNO5/c1-4-29-20(26)18(14-16(3)23)24(13-9-12-19(25)21(27)30-5-2)22(28)31-15-17-10-7-6-8-11-17;1-3-25-18(23)15-9-10-21(16(17(15)22)11-13(2)20)19(24)26-12-14-7-5-4-6-8-14/h6-8,10-11,18H,3-5,9,12-15H2,1-2H3;4-8,15-16H,2-3,9-12H2,1H3. The molecule has 310 valence electrons. The van der Waals surface area contributed by atoms with E-state index in [0.29, 0.717) is 0 Å². The lowest BCUT2D eigenvalue weighted by atomic mass is 9.88. The van der Waals surface area contributed by atoms with Crippen LogP contribution >= 0.6 is 23.2 Å². The first-order valence-corrected chi connectivity index (χ1v) is 19.2. The van der Waals surface area contributed by atoms with Crippen molar-refractivity contribution in [2.45, 2.75) is 78.2 Å². The molecular formula is C41H50Cl2N2O12. The normalized spacial score (nSPS) is 15.1. The molecule has 1 aliphatic rings. The maximum atomic E-state index is 12.8. The molecule has 57 heavy (non-hydrogen) atoms. The van der Waals surface area contributed by atoms with E-state index in [-0.39, 0.29) is 88.3 Å². The fourth-order valence-corrected chi connectivity index (χ4v) is 5.83. The molecule has 1 aliphatic heterocycles. The van der Waals surface area contributed by atoms with Crippen LogP contribution in [0.4, 0.5) is 9.59 Å². The Morgan fingerprint density at radius 3 is 1.88 bits per heavy atom. The second kappa shape index (κ2) is 25.9. The highest BCUT2D eigenvalue weighted by Crippen LogP contribution is 2.27. The van der Waals surface area contributed by atoms with Crippen molar-refractivity contribution >= 4 is 64.9 Å². The molecule has 1 heterocycles. The third kappa shape index (κ3) is 16.8. The zero-order valence-corrected chi connectivity index (χ0v) is 34.0. The fraction of sp³-hybridized carbons (Fsp3) is 0.439. The number of carbonyl (C=O) groups excluding carboxylic acids is 7. The van der Waals surface area contributed by atoms with Crippen molar-refractivity contribution in [1.29, 1.82) is 0 Å². The summed E-state index contributed by atoms with van der Waals surface area (Å²) in [7, 11) is 0.